The number of benzene rings is 2. The third-order valence-corrected chi connectivity index (χ3v) is 7.35. The van der Waals surface area contributed by atoms with Gasteiger partial charge in [0.25, 0.3) is 11.6 Å². The number of alkyl halides is 2. The van der Waals surface area contributed by atoms with E-state index in [1.165, 1.54) is 49.6 Å². The molecule has 1 aliphatic carbocycles. The number of fused-ring (bicyclic) bond motifs is 1. The van der Waals surface area contributed by atoms with Gasteiger partial charge >= 0.3 is 5.97 Å². The maximum atomic E-state index is 13.0. The van der Waals surface area contributed by atoms with Crippen LogP contribution in [0.2, 0.25) is 0 Å². The van der Waals surface area contributed by atoms with Gasteiger partial charge in [0.1, 0.15) is 11.4 Å². The van der Waals surface area contributed by atoms with Crippen molar-refractivity contribution in [1.29, 1.82) is 0 Å². The number of hydrogen-bond acceptors (Lipinski definition) is 8. The van der Waals surface area contributed by atoms with Crippen LogP contribution in [0.15, 0.2) is 42.5 Å². The van der Waals surface area contributed by atoms with Crippen LogP contribution in [0.25, 0.3) is 0 Å². The van der Waals surface area contributed by atoms with Gasteiger partial charge in [0.2, 0.25) is 11.8 Å². The molecule has 1 saturated carbocycles. The van der Waals surface area contributed by atoms with E-state index in [-0.39, 0.29) is 41.2 Å². The first kappa shape index (κ1) is 26.4. The monoisotopic (exact) mass is 549 g/mol. The molecule has 0 aromatic heterocycles. The fourth-order valence-corrected chi connectivity index (χ4v) is 5.01. The first-order valence-electron chi connectivity index (χ1n) is 11.2. The highest BCUT2D eigenvalue weighted by molar-refractivity contribution is 6.31. The van der Waals surface area contributed by atoms with E-state index in [9.17, 15) is 29.3 Å². The fraction of sp³-hybridized carbons (Fsp3) is 0.333. The second kappa shape index (κ2) is 10.7. The van der Waals surface area contributed by atoms with Crippen molar-refractivity contribution in [2.45, 2.75) is 23.6 Å². The number of carbonyl (C=O) groups is 4. The summed E-state index contributed by atoms with van der Waals surface area (Å²) in [7, 11) is 1.36. The summed E-state index contributed by atoms with van der Waals surface area (Å²) in [6.07, 6.45) is 0.563. The van der Waals surface area contributed by atoms with Crippen molar-refractivity contribution < 1.29 is 33.6 Å². The van der Waals surface area contributed by atoms with Crippen molar-refractivity contribution in [2.24, 2.45) is 11.8 Å². The van der Waals surface area contributed by atoms with Gasteiger partial charge in [0.15, 0.2) is 6.61 Å². The number of nitro benzene ring substituents is 1. The van der Waals surface area contributed by atoms with Gasteiger partial charge in [0, 0.05) is 12.1 Å². The van der Waals surface area contributed by atoms with E-state index in [4.69, 9.17) is 32.7 Å². The Morgan fingerprint density at radius 2 is 1.73 bits per heavy atom. The van der Waals surface area contributed by atoms with Crippen molar-refractivity contribution in [3.63, 3.8) is 0 Å². The second-order valence-corrected chi connectivity index (χ2v) is 9.66. The summed E-state index contributed by atoms with van der Waals surface area (Å²) in [6, 6.07) is 9.51. The highest BCUT2D eigenvalue weighted by Crippen LogP contribution is 2.43. The van der Waals surface area contributed by atoms with E-state index < -0.39 is 57.8 Å². The van der Waals surface area contributed by atoms with E-state index in [0.29, 0.717) is 0 Å². The van der Waals surface area contributed by atoms with Crippen molar-refractivity contribution in [2.75, 3.05) is 23.9 Å². The zero-order chi connectivity index (χ0) is 26.9. The zero-order valence-electron chi connectivity index (χ0n) is 19.4. The second-order valence-electron chi connectivity index (χ2n) is 8.54. The van der Waals surface area contributed by atoms with E-state index in [2.05, 4.69) is 5.32 Å². The minimum absolute atomic E-state index is 0.00132. The molecule has 1 saturated heterocycles. The molecule has 0 spiro atoms. The Kier molecular flexibility index (Phi) is 7.65. The fourth-order valence-electron chi connectivity index (χ4n) is 4.42. The molecule has 0 unspecified atom stereocenters. The number of anilines is 2. The molecule has 4 atom stereocenters. The molecule has 0 radical (unpaired) electrons. The van der Waals surface area contributed by atoms with Crippen LogP contribution in [0.4, 0.5) is 17.1 Å². The van der Waals surface area contributed by atoms with Crippen molar-refractivity contribution >= 4 is 64.0 Å². The first-order valence-corrected chi connectivity index (χ1v) is 12.0. The summed E-state index contributed by atoms with van der Waals surface area (Å²) >= 11 is 12.4. The molecule has 11 nitrogen and oxygen atoms in total. The largest absolute Gasteiger partial charge is 0.497 e. The number of nitrogens with zero attached hydrogens (tertiary/aromatic N) is 2. The molecule has 2 aromatic carbocycles. The molecule has 2 aliphatic rings. The Hall–Kier alpha value is -3.70. The van der Waals surface area contributed by atoms with Gasteiger partial charge in [-0.2, -0.15) is 0 Å². The van der Waals surface area contributed by atoms with Crippen LogP contribution in [0.5, 0.6) is 5.75 Å². The number of nitrogens with one attached hydrogen (secondary N) is 1. The lowest BCUT2D eigenvalue weighted by atomic mass is 9.80. The van der Waals surface area contributed by atoms with Crippen molar-refractivity contribution in [1.82, 2.24) is 0 Å². The number of carbonyl (C=O) groups excluding carboxylic acids is 4. The molecule has 3 amide bonds. The van der Waals surface area contributed by atoms with Gasteiger partial charge < -0.3 is 14.8 Å². The lowest BCUT2D eigenvalue weighted by Gasteiger charge is -2.28. The minimum atomic E-state index is -0.893. The van der Waals surface area contributed by atoms with Crippen LogP contribution < -0.4 is 15.0 Å². The number of imide groups is 1. The zero-order valence-corrected chi connectivity index (χ0v) is 20.9. The number of halogens is 2. The standard InChI is InChI=1S/C24H21Cl2N3O8/c1-36-14-5-6-20(29(34)35)19(8-14)27-21(30)11-37-24(33)12-3-2-4-13(7-12)28-22(31)15-9-17(25)18(26)10-16(15)23(28)32/h2-8,15-18H,9-11H2,1H3,(H,27,30)/t15-,16-,17+,18+/m1/s1. The number of methoxy groups -OCH3 is 1. The van der Waals surface area contributed by atoms with Gasteiger partial charge in [-0.05, 0) is 37.1 Å². The Morgan fingerprint density at radius 3 is 2.32 bits per heavy atom. The minimum Gasteiger partial charge on any atom is -0.497 e. The van der Waals surface area contributed by atoms with Crippen LogP contribution in [-0.4, -0.2) is 53.1 Å². The van der Waals surface area contributed by atoms with Gasteiger partial charge in [-0.25, -0.2) is 4.79 Å². The molecule has 2 fully saturated rings. The number of hydrogen-bond donors (Lipinski definition) is 1. The number of nitro groups is 1. The third kappa shape index (κ3) is 5.37. The molecular formula is C24H21Cl2N3O8. The summed E-state index contributed by atoms with van der Waals surface area (Å²) in [5.74, 6) is -3.40. The molecule has 2 aromatic rings. The molecule has 0 bridgehead atoms. The molecule has 1 aliphatic heterocycles. The lowest BCUT2D eigenvalue weighted by molar-refractivity contribution is -0.383. The van der Waals surface area contributed by atoms with E-state index >= 15 is 0 Å². The summed E-state index contributed by atoms with van der Waals surface area (Å²) in [6.45, 7) is -0.739. The summed E-state index contributed by atoms with van der Waals surface area (Å²) in [4.78, 5) is 62.4. The van der Waals surface area contributed by atoms with Gasteiger partial charge in [-0.15, -0.1) is 23.2 Å². The molecule has 4 rings (SSSR count). The average Bonchev–Trinajstić information content (AvgIpc) is 3.11. The van der Waals surface area contributed by atoms with Gasteiger partial charge in [-0.1, -0.05) is 6.07 Å². The normalized spacial score (nSPS) is 22.8. The number of amides is 3. The van der Waals surface area contributed by atoms with Crippen LogP contribution in [0.3, 0.4) is 0 Å². The predicted octanol–water partition coefficient (Wildman–Crippen LogP) is 3.51. The molecule has 1 heterocycles. The molecule has 37 heavy (non-hydrogen) atoms. The molecule has 13 heteroatoms. The number of esters is 1. The van der Waals surface area contributed by atoms with Crippen LogP contribution in [0, 0.1) is 22.0 Å². The predicted molar refractivity (Wildman–Crippen MR) is 133 cm³/mol. The van der Waals surface area contributed by atoms with E-state index in [0.717, 1.165) is 4.90 Å². The maximum Gasteiger partial charge on any atom is 0.338 e. The third-order valence-electron chi connectivity index (χ3n) is 6.26. The number of rotatable bonds is 7. The molecular weight excluding hydrogens is 529 g/mol. The highest BCUT2D eigenvalue weighted by Gasteiger charge is 2.52. The van der Waals surface area contributed by atoms with Crippen LogP contribution >= 0.6 is 23.2 Å². The van der Waals surface area contributed by atoms with Gasteiger partial charge in [0.05, 0.1) is 45.9 Å². The smallest absolute Gasteiger partial charge is 0.338 e. The Bertz CT molecular complexity index is 1260. The highest BCUT2D eigenvalue weighted by atomic mass is 35.5. The summed E-state index contributed by atoms with van der Waals surface area (Å²) in [5.41, 5.74) is -0.306. The SMILES string of the molecule is COc1ccc([N+](=O)[O-])c(NC(=O)COC(=O)c2cccc(N3C(=O)[C@@H]4C[C@H](Cl)[C@@H](Cl)C[C@H]4C3=O)c2)c1. The topological polar surface area (TPSA) is 145 Å². The van der Waals surface area contributed by atoms with Crippen molar-refractivity contribution in [3.05, 3.63) is 58.1 Å². The Morgan fingerprint density at radius 1 is 1.08 bits per heavy atom. The van der Waals surface area contributed by atoms with E-state index in [1.54, 1.807) is 0 Å². The van der Waals surface area contributed by atoms with Crippen LogP contribution in [-0.2, 0) is 19.1 Å². The summed E-state index contributed by atoms with van der Waals surface area (Å²) in [5, 5.41) is 12.7. The Labute approximate surface area is 220 Å². The average molecular weight is 550 g/mol. The molecule has 1 N–H and O–H groups in total. The van der Waals surface area contributed by atoms with Crippen LogP contribution in [0.1, 0.15) is 23.2 Å². The maximum absolute atomic E-state index is 13.0. The summed E-state index contributed by atoms with van der Waals surface area (Å²) < 4.78 is 10.1. The van der Waals surface area contributed by atoms with Crippen molar-refractivity contribution in [3.8, 4) is 5.75 Å². The van der Waals surface area contributed by atoms with Gasteiger partial charge in [-0.3, -0.25) is 29.4 Å². The first-order chi connectivity index (χ1) is 17.6. The number of ether oxygens (including phenoxy) is 2. The Balaban J connectivity index is 1.43. The molecule has 194 valence electrons. The van der Waals surface area contributed by atoms with E-state index in [1.807, 2.05) is 0 Å². The quantitative estimate of drug-likeness (QED) is 0.181. The lowest BCUT2D eigenvalue weighted by Crippen LogP contribution is -2.34.